The van der Waals surface area contributed by atoms with E-state index >= 15 is 0 Å². The molecular formula is C14H12ClNO. The van der Waals surface area contributed by atoms with Crippen molar-refractivity contribution in [3.05, 3.63) is 64.7 Å². The zero-order valence-electron chi connectivity index (χ0n) is 9.41. The molecule has 0 radical (unpaired) electrons. The molecule has 2 aromatic rings. The number of nitrogens with one attached hydrogen (secondary N) is 1. The fourth-order valence-corrected chi connectivity index (χ4v) is 1.79. The maximum Gasteiger partial charge on any atom is 0.255 e. The van der Waals surface area contributed by atoms with Crippen molar-refractivity contribution in [3.8, 4) is 0 Å². The topological polar surface area (TPSA) is 29.1 Å². The van der Waals surface area contributed by atoms with E-state index in [1.807, 2.05) is 37.3 Å². The van der Waals surface area contributed by atoms with Gasteiger partial charge < -0.3 is 5.32 Å². The summed E-state index contributed by atoms with van der Waals surface area (Å²) < 4.78 is 0. The van der Waals surface area contributed by atoms with E-state index in [1.54, 1.807) is 18.2 Å². The Morgan fingerprint density at radius 2 is 1.82 bits per heavy atom. The largest absolute Gasteiger partial charge is 0.321 e. The molecule has 0 aliphatic carbocycles. The molecule has 2 rings (SSSR count). The smallest absolute Gasteiger partial charge is 0.255 e. The monoisotopic (exact) mass is 245 g/mol. The summed E-state index contributed by atoms with van der Waals surface area (Å²) in [7, 11) is 0. The molecule has 0 aliphatic heterocycles. The predicted molar refractivity (Wildman–Crippen MR) is 70.6 cm³/mol. The first-order valence-electron chi connectivity index (χ1n) is 5.29. The fraction of sp³-hybridized carbons (Fsp3) is 0.0714. The fourth-order valence-electron chi connectivity index (χ4n) is 1.51. The molecule has 0 spiro atoms. The number of carbonyl (C=O) groups is 1. The van der Waals surface area contributed by atoms with Crippen molar-refractivity contribution in [2.24, 2.45) is 0 Å². The molecule has 2 aromatic carbocycles. The summed E-state index contributed by atoms with van der Waals surface area (Å²) in [4.78, 5) is 11.9. The maximum absolute atomic E-state index is 11.9. The molecule has 1 N–H and O–H groups in total. The summed E-state index contributed by atoms with van der Waals surface area (Å²) in [5, 5.41) is 3.33. The number of anilines is 1. The lowest BCUT2D eigenvalue weighted by atomic mass is 10.2. The van der Waals surface area contributed by atoms with E-state index < -0.39 is 0 Å². The second-order valence-corrected chi connectivity index (χ2v) is 4.21. The molecule has 86 valence electrons. The van der Waals surface area contributed by atoms with Gasteiger partial charge in [-0.1, -0.05) is 35.9 Å². The lowest BCUT2D eigenvalue weighted by Gasteiger charge is -2.07. The number of benzene rings is 2. The molecule has 0 heterocycles. The molecule has 1 amide bonds. The molecule has 0 saturated carbocycles. The van der Waals surface area contributed by atoms with Gasteiger partial charge >= 0.3 is 0 Å². The molecule has 0 saturated heterocycles. The highest BCUT2D eigenvalue weighted by atomic mass is 35.5. The van der Waals surface area contributed by atoms with Crippen LogP contribution in [0.1, 0.15) is 15.9 Å². The summed E-state index contributed by atoms with van der Waals surface area (Å²) in [5.74, 6) is -0.156. The lowest BCUT2D eigenvalue weighted by Crippen LogP contribution is -2.11. The molecule has 0 atom stereocenters. The Morgan fingerprint density at radius 1 is 1.12 bits per heavy atom. The quantitative estimate of drug-likeness (QED) is 0.854. The summed E-state index contributed by atoms with van der Waals surface area (Å²) in [6.07, 6.45) is 0. The first kappa shape index (κ1) is 11.7. The summed E-state index contributed by atoms with van der Waals surface area (Å²) in [6, 6.07) is 14.6. The number of hydrogen-bond acceptors (Lipinski definition) is 1. The average molecular weight is 246 g/mol. The van der Waals surface area contributed by atoms with Gasteiger partial charge in [-0.3, -0.25) is 4.79 Å². The third kappa shape index (κ3) is 2.86. The number of carbonyl (C=O) groups excluding carboxylic acids is 1. The molecule has 0 unspecified atom stereocenters. The number of amides is 1. The van der Waals surface area contributed by atoms with Gasteiger partial charge in [-0.05, 0) is 36.8 Å². The molecule has 17 heavy (non-hydrogen) atoms. The van der Waals surface area contributed by atoms with Crippen LogP contribution in [-0.2, 0) is 0 Å². The van der Waals surface area contributed by atoms with Crippen molar-refractivity contribution in [1.82, 2.24) is 0 Å². The maximum atomic E-state index is 11.9. The Labute approximate surface area is 105 Å². The van der Waals surface area contributed by atoms with Crippen LogP contribution in [0.25, 0.3) is 0 Å². The molecule has 3 heteroatoms. The molecule has 0 aliphatic rings. The number of rotatable bonds is 2. The minimum absolute atomic E-state index is 0.156. The van der Waals surface area contributed by atoms with Gasteiger partial charge in [-0.2, -0.15) is 0 Å². The van der Waals surface area contributed by atoms with Crippen LogP contribution in [0.3, 0.4) is 0 Å². The van der Waals surface area contributed by atoms with Crippen LogP contribution in [0.2, 0.25) is 5.02 Å². The Hall–Kier alpha value is -1.80. The Kier molecular flexibility index (Phi) is 3.45. The van der Waals surface area contributed by atoms with E-state index in [4.69, 9.17) is 11.6 Å². The van der Waals surface area contributed by atoms with Crippen LogP contribution >= 0.6 is 11.6 Å². The lowest BCUT2D eigenvalue weighted by molar-refractivity contribution is 0.102. The van der Waals surface area contributed by atoms with E-state index in [9.17, 15) is 4.79 Å². The molecular weight excluding hydrogens is 234 g/mol. The van der Waals surface area contributed by atoms with Gasteiger partial charge in [0.25, 0.3) is 5.91 Å². The third-order valence-corrected chi connectivity index (χ3v) is 2.72. The van der Waals surface area contributed by atoms with E-state index in [0.29, 0.717) is 16.3 Å². The van der Waals surface area contributed by atoms with Gasteiger partial charge in [0.2, 0.25) is 0 Å². The second-order valence-electron chi connectivity index (χ2n) is 3.80. The van der Waals surface area contributed by atoms with Crippen molar-refractivity contribution in [2.75, 3.05) is 5.32 Å². The van der Waals surface area contributed by atoms with Crippen LogP contribution in [0.15, 0.2) is 48.5 Å². The number of aryl methyl sites for hydroxylation is 1. The number of halogens is 1. The van der Waals surface area contributed by atoms with Crippen LogP contribution in [0, 0.1) is 6.92 Å². The van der Waals surface area contributed by atoms with Crippen molar-refractivity contribution >= 4 is 23.2 Å². The van der Waals surface area contributed by atoms with Crippen molar-refractivity contribution in [2.45, 2.75) is 6.92 Å². The van der Waals surface area contributed by atoms with Crippen molar-refractivity contribution < 1.29 is 4.79 Å². The summed E-state index contributed by atoms with van der Waals surface area (Å²) in [5.41, 5.74) is 2.31. The van der Waals surface area contributed by atoms with E-state index in [0.717, 1.165) is 5.56 Å². The van der Waals surface area contributed by atoms with Gasteiger partial charge in [0.1, 0.15) is 0 Å². The van der Waals surface area contributed by atoms with Crippen LogP contribution < -0.4 is 5.32 Å². The number of hydrogen-bond donors (Lipinski definition) is 1. The van der Waals surface area contributed by atoms with E-state index in [-0.39, 0.29) is 5.91 Å². The van der Waals surface area contributed by atoms with Gasteiger partial charge in [0.05, 0.1) is 10.7 Å². The standard InChI is InChI=1S/C14H12ClNO/c1-10-7-8-13(12(15)9-10)16-14(17)11-5-3-2-4-6-11/h2-9H,1H3,(H,16,17). The van der Waals surface area contributed by atoms with Crippen molar-refractivity contribution in [1.29, 1.82) is 0 Å². The second kappa shape index (κ2) is 5.02. The highest BCUT2D eigenvalue weighted by Gasteiger charge is 2.07. The minimum atomic E-state index is -0.156. The van der Waals surface area contributed by atoms with Gasteiger partial charge in [0, 0.05) is 5.56 Å². The minimum Gasteiger partial charge on any atom is -0.321 e. The van der Waals surface area contributed by atoms with Gasteiger partial charge in [-0.25, -0.2) is 0 Å². The van der Waals surface area contributed by atoms with E-state index in [2.05, 4.69) is 5.32 Å². The first-order valence-corrected chi connectivity index (χ1v) is 5.67. The Bertz CT molecular complexity index is 537. The normalized spacial score (nSPS) is 10.0. The Balaban J connectivity index is 2.19. The van der Waals surface area contributed by atoms with Crippen molar-refractivity contribution in [3.63, 3.8) is 0 Å². The molecule has 2 nitrogen and oxygen atoms in total. The SMILES string of the molecule is Cc1ccc(NC(=O)c2ccccc2)c(Cl)c1. The summed E-state index contributed by atoms with van der Waals surface area (Å²) in [6.45, 7) is 1.95. The van der Waals surface area contributed by atoms with E-state index in [1.165, 1.54) is 0 Å². The molecule has 0 bridgehead atoms. The first-order chi connectivity index (χ1) is 8.16. The van der Waals surface area contributed by atoms with Crippen LogP contribution in [-0.4, -0.2) is 5.91 Å². The molecule has 0 aromatic heterocycles. The van der Waals surface area contributed by atoms with Gasteiger partial charge in [-0.15, -0.1) is 0 Å². The highest BCUT2D eigenvalue weighted by molar-refractivity contribution is 6.34. The predicted octanol–water partition coefficient (Wildman–Crippen LogP) is 3.90. The highest BCUT2D eigenvalue weighted by Crippen LogP contribution is 2.23. The zero-order chi connectivity index (χ0) is 12.3. The average Bonchev–Trinajstić information content (AvgIpc) is 2.34. The summed E-state index contributed by atoms with van der Waals surface area (Å²) >= 11 is 6.05. The molecule has 0 fully saturated rings. The van der Waals surface area contributed by atoms with Crippen LogP contribution in [0.4, 0.5) is 5.69 Å². The van der Waals surface area contributed by atoms with Crippen LogP contribution in [0.5, 0.6) is 0 Å². The Morgan fingerprint density at radius 3 is 2.47 bits per heavy atom. The third-order valence-electron chi connectivity index (χ3n) is 2.41. The zero-order valence-corrected chi connectivity index (χ0v) is 10.2. The van der Waals surface area contributed by atoms with Gasteiger partial charge in [0.15, 0.2) is 0 Å².